The molecule has 0 bridgehead atoms. The SMILES string of the molecule is Cc1ccc(S(=O)(=O)Oc2ccc(CN(C(=O)O)C(N)=S)c([N+](=O)[O-])c2)cc1. The molecule has 148 valence electrons. The average Bonchev–Trinajstić information content (AvgIpc) is 2.59. The van der Waals surface area contributed by atoms with Gasteiger partial charge in [-0.1, -0.05) is 17.7 Å². The van der Waals surface area contributed by atoms with E-state index in [1.54, 1.807) is 19.1 Å². The normalized spacial score (nSPS) is 10.9. The summed E-state index contributed by atoms with van der Waals surface area (Å²) in [6.45, 7) is 1.30. The van der Waals surface area contributed by atoms with E-state index < -0.39 is 38.5 Å². The Morgan fingerprint density at radius 3 is 2.39 bits per heavy atom. The van der Waals surface area contributed by atoms with Gasteiger partial charge in [-0.05, 0) is 43.4 Å². The molecule has 0 saturated carbocycles. The lowest BCUT2D eigenvalue weighted by Crippen LogP contribution is -2.39. The Kier molecular flexibility index (Phi) is 6.16. The molecule has 12 heteroatoms. The van der Waals surface area contributed by atoms with Crippen LogP contribution in [0.1, 0.15) is 11.1 Å². The number of hydrogen-bond donors (Lipinski definition) is 2. The van der Waals surface area contributed by atoms with Gasteiger partial charge in [0.15, 0.2) is 5.11 Å². The molecule has 0 aliphatic rings. The quantitative estimate of drug-likeness (QED) is 0.307. The molecule has 0 fully saturated rings. The van der Waals surface area contributed by atoms with Crippen molar-refractivity contribution in [3.8, 4) is 5.75 Å². The Balaban J connectivity index is 2.36. The number of carboxylic acid groups (broad SMARTS) is 1. The van der Waals surface area contributed by atoms with Gasteiger partial charge in [0.2, 0.25) is 0 Å². The summed E-state index contributed by atoms with van der Waals surface area (Å²) in [4.78, 5) is 22.1. The van der Waals surface area contributed by atoms with Crippen LogP contribution in [0, 0.1) is 17.0 Å². The van der Waals surface area contributed by atoms with E-state index in [1.807, 2.05) is 0 Å². The van der Waals surface area contributed by atoms with Gasteiger partial charge in [-0.3, -0.25) is 10.1 Å². The van der Waals surface area contributed by atoms with Crippen molar-refractivity contribution in [3.63, 3.8) is 0 Å². The largest absolute Gasteiger partial charge is 0.465 e. The van der Waals surface area contributed by atoms with Crippen LogP contribution in [0.15, 0.2) is 47.4 Å². The van der Waals surface area contributed by atoms with Gasteiger partial charge in [-0.25, -0.2) is 9.69 Å². The van der Waals surface area contributed by atoms with Crippen molar-refractivity contribution in [2.75, 3.05) is 0 Å². The third-order valence-electron chi connectivity index (χ3n) is 3.59. The number of nitrogens with zero attached hydrogens (tertiary/aromatic N) is 2. The lowest BCUT2D eigenvalue weighted by atomic mass is 10.1. The van der Waals surface area contributed by atoms with E-state index in [2.05, 4.69) is 12.2 Å². The van der Waals surface area contributed by atoms with Crippen molar-refractivity contribution in [2.45, 2.75) is 18.4 Å². The highest BCUT2D eigenvalue weighted by molar-refractivity contribution is 7.87. The highest BCUT2D eigenvalue weighted by Gasteiger charge is 2.24. The molecule has 2 aromatic carbocycles. The Labute approximate surface area is 165 Å². The third-order valence-corrected chi connectivity index (χ3v) is 5.08. The number of amides is 1. The molecule has 0 aromatic heterocycles. The zero-order valence-corrected chi connectivity index (χ0v) is 16.1. The number of aryl methyl sites for hydroxylation is 1. The second kappa shape index (κ2) is 8.19. The van der Waals surface area contributed by atoms with Crippen molar-refractivity contribution in [1.29, 1.82) is 0 Å². The molecule has 0 atom stereocenters. The first-order chi connectivity index (χ1) is 13.0. The van der Waals surface area contributed by atoms with Crippen LogP contribution in [-0.4, -0.2) is 34.6 Å². The van der Waals surface area contributed by atoms with Gasteiger partial charge in [0.1, 0.15) is 10.6 Å². The molecule has 0 aliphatic heterocycles. The summed E-state index contributed by atoms with van der Waals surface area (Å²) in [7, 11) is -4.20. The molecule has 0 unspecified atom stereocenters. The van der Waals surface area contributed by atoms with Crippen LogP contribution in [0.3, 0.4) is 0 Å². The minimum absolute atomic E-state index is 0.0414. The van der Waals surface area contributed by atoms with Crippen LogP contribution >= 0.6 is 12.2 Å². The summed E-state index contributed by atoms with van der Waals surface area (Å²) in [5, 5.41) is 19.9. The summed E-state index contributed by atoms with van der Waals surface area (Å²) >= 11 is 4.61. The zero-order chi connectivity index (χ0) is 21.1. The fourth-order valence-corrected chi connectivity index (χ4v) is 3.25. The predicted molar refractivity (Wildman–Crippen MR) is 102 cm³/mol. The first-order valence-corrected chi connectivity index (χ1v) is 9.41. The molecule has 3 N–H and O–H groups in total. The first-order valence-electron chi connectivity index (χ1n) is 7.59. The topological polar surface area (TPSA) is 153 Å². The van der Waals surface area contributed by atoms with Crippen molar-refractivity contribution in [3.05, 3.63) is 63.7 Å². The monoisotopic (exact) mass is 425 g/mol. The zero-order valence-electron chi connectivity index (χ0n) is 14.4. The van der Waals surface area contributed by atoms with Gasteiger partial charge in [-0.15, -0.1) is 0 Å². The molecular formula is C16H15N3O7S2. The first kappa shape index (κ1) is 21.1. The summed E-state index contributed by atoms with van der Waals surface area (Å²) < 4.78 is 29.6. The Morgan fingerprint density at radius 2 is 1.89 bits per heavy atom. The fraction of sp³-hybridized carbons (Fsp3) is 0.125. The van der Waals surface area contributed by atoms with E-state index in [-0.39, 0.29) is 16.2 Å². The number of nitro groups is 1. The van der Waals surface area contributed by atoms with Crippen LogP contribution < -0.4 is 9.92 Å². The van der Waals surface area contributed by atoms with E-state index in [4.69, 9.17) is 15.0 Å². The molecular weight excluding hydrogens is 410 g/mol. The van der Waals surface area contributed by atoms with Crippen LogP contribution in [0.2, 0.25) is 0 Å². The molecule has 0 spiro atoms. The molecule has 0 saturated heterocycles. The van der Waals surface area contributed by atoms with E-state index in [1.165, 1.54) is 24.3 Å². The summed E-state index contributed by atoms with van der Waals surface area (Å²) in [5.41, 5.74) is 5.57. The predicted octanol–water partition coefficient (Wildman–Crippen LogP) is 2.39. The Bertz CT molecular complexity index is 1020. The minimum Gasteiger partial charge on any atom is -0.465 e. The van der Waals surface area contributed by atoms with Gasteiger partial charge < -0.3 is 15.0 Å². The van der Waals surface area contributed by atoms with Crippen molar-refractivity contribution < 1.29 is 27.4 Å². The molecule has 0 heterocycles. The van der Waals surface area contributed by atoms with Crippen molar-refractivity contribution in [2.24, 2.45) is 5.73 Å². The molecule has 28 heavy (non-hydrogen) atoms. The molecule has 2 rings (SSSR count). The third kappa shape index (κ3) is 4.92. The minimum atomic E-state index is -4.20. The van der Waals surface area contributed by atoms with Gasteiger partial charge in [0, 0.05) is 0 Å². The number of carbonyl (C=O) groups is 1. The maximum atomic E-state index is 12.3. The maximum absolute atomic E-state index is 12.3. The van der Waals surface area contributed by atoms with E-state index >= 15 is 0 Å². The number of rotatable bonds is 6. The molecule has 10 nitrogen and oxygen atoms in total. The van der Waals surface area contributed by atoms with Gasteiger partial charge in [-0.2, -0.15) is 8.42 Å². The second-order valence-electron chi connectivity index (χ2n) is 5.61. The number of nitrogens with two attached hydrogens (primary N) is 1. The van der Waals surface area contributed by atoms with Gasteiger partial charge in [0.25, 0.3) is 5.69 Å². The van der Waals surface area contributed by atoms with Crippen LogP contribution in [-0.2, 0) is 16.7 Å². The Morgan fingerprint density at radius 1 is 1.29 bits per heavy atom. The fourth-order valence-electron chi connectivity index (χ4n) is 2.19. The standard InChI is InChI=1S/C16H15N3O7S2/c1-10-2-6-13(7-3-10)28(24,25)26-12-5-4-11(14(8-12)19(22)23)9-18(15(17)27)16(20)21/h2-8H,9H2,1H3,(H2,17,27)(H,20,21). The van der Waals surface area contributed by atoms with Crippen LogP contribution in [0.5, 0.6) is 5.75 Å². The summed E-state index contributed by atoms with van der Waals surface area (Å²) in [5.74, 6) is -0.298. The van der Waals surface area contributed by atoms with E-state index in [0.29, 0.717) is 4.90 Å². The number of nitro benzene ring substituents is 1. The molecule has 1 amide bonds. The van der Waals surface area contributed by atoms with Crippen LogP contribution in [0.4, 0.5) is 10.5 Å². The maximum Gasteiger partial charge on any atom is 0.413 e. The number of hydrogen-bond acceptors (Lipinski definition) is 7. The number of benzene rings is 2. The summed E-state index contributed by atoms with van der Waals surface area (Å²) in [6, 6.07) is 9.09. The van der Waals surface area contributed by atoms with Crippen LogP contribution in [0.25, 0.3) is 0 Å². The van der Waals surface area contributed by atoms with Gasteiger partial charge >= 0.3 is 16.2 Å². The van der Waals surface area contributed by atoms with E-state index in [0.717, 1.165) is 11.6 Å². The molecule has 0 aliphatic carbocycles. The highest BCUT2D eigenvalue weighted by atomic mass is 32.2. The molecule has 0 radical (unpaired) electrons. The smallest absolute Gasteiger partial charge is 0.413 e. The average molecular weight is 425 g/mol. The Hall–Kier alpha value is -3.25. The summed E-state index contributed by atoms with van der Waals surface area (Å²) in [6.07, 6.45) is -1.48. The van der Waals surface area contributed by atoms with E-state index in [9.17, 15) is 23.3 Å². The van der Waals surface area contributed by atoms with Crippen molar-refractivity contribution in [1.82, 2.24) is 4.90 Å². The van der Waals surface area contributed by atoms with Crippen molar-refractivity contribution >= 4 is 39.2 Å². The molecule has 2 aromatic rings. The second-order valence-corrected chi connectivity index (χ2v) is 7.57. The van der Waals surface area contributed by atoms with Gasteiger partial charge in [0.05, 0.1) is 23.1 Å². The highest BCUT2D eigenvalue weighted by Crippen LogP contribution is 2.28. The lowest BCUT2D eigenvalue weighted by Gasteiger charge is -2.17. The lowest BCUT2D eigenvalue weighted by molar-refractivity contribution is -0.385. The number of thiocarbonyl (C=S) groups is 1.